The first-order chi connectivity index (χ1) is 11.6. The van der Waals surface area contributed by atoms with Gasteiger partial charge in [-0.05, 0) is 24.0 Å². The van der Waals surface area contributed by atoms with Crippen LogP contribution in [0.1, 0.15) is 23.5 Å². The first-order valence-corrected chi connectivity index (χ1v) is 9.65. The van der Waals surface area contributed by atoms with Gasteiger partial charge in [0.05, 0.1) is 5.56 Å². The zero-order valence-electron chi connectivity index (χ0n) is 13.2. The molecule has 0 saturated carbocycles. The lowest BCUT2D eigenvalue weighted by atomic mass is 9.87. The minimum atomic E-state index is -0.278. The van der Waals surface area contributed by atoms with Crippen LogP contribution in [0.4, 0.5) is 5.82 Å². The third-order valence-electron chi connectivity index (χ3n) is 3.79. The van der Waals surface area contributed by atoms with Crippen molar-refractivity contribution in [2.24, 2.45) is 0 Å². The zero-order valence-corrected chi connectivity index (χ0v) is 14.8. The van der Waals surface area contributed by atoms with E-state index in [0.717, 1.165) is 10.5 Å². The van der Waals surface area contributed by atoms with E-state index in [1.54, 1.807) is 17.8 Å². The maximum atomic E-state index is 12.6. The maximum Gasteiger partial charge on any atom is 0.257 e. The quantitative estimate of drug-likeness (QED) is 0.487. The van der Waals surface area contributed by atoms with E-state index in [4.69, 9.17) is 0 Å². The molecule has 0 aliphatic carbocycles. The van der Waals surface area contributed by atoms with E-state index < -0.39 is 0 Å². The average molecular weight is 359 g/mol. The van der Waals surface area contributed by atoms with Crippen LogP contribution in [0, 0.1) is 0 Å². The number of anilines is 1. The number of nitrogens with one attached hydrogen (secondary N) is 2. The van der Waals surface area contributed by atoms with Gasteiger partial charge in [0.2, 0.25) is 5.91 Å². The minimum absolute atomic E-state index is 0.126. The fourth-order valence-corrected chi connectivity index (χ4v) is 3.68. The van der Waals surface area contributed by atoms with Gasteiger partial charge < -0.3 is 10.3 Å². The first-order valence-electron chi connectivity index (χ1n) is 7.44. The largest absolute Gasteiger partial charge is 0.310 e. The molecule has 24 heavy (non-hydrogen) atoms. The molecule has 0 radical (unpaired) electrons. The Morgan fingerprint density at radius 3 is 2.75 bits per heavy atom. The molecular formula is C17H17N3O2S2. The van der Waals surface area contributed by atoms with Crippen molar-refractivity contribution in [2.45, 2.75) is 22.4 Å². The molecule has 1 aromatic carbocycles. The summed E-state index contributed by atoms with van der Waals surface area (Å²) in [5, 5.41) is 3.21. The van der Waals surface area contributed by atoms with Gasteiger partial charge >= 0.3 is 0 Å². The van der Waals surface area contributed by atoms with Crippen molar-refractivity contribution in [1.29, 1.82) is 0 Å². The van der Waals surface area contributed by atoms with E-state index >= 15 is 0 Å². The molecule has 1 aliphatic rings. The van der Waals surface area contributed by atoms with E-state index in [9.17, 15) is 9.59 Å². The van der Waals surface area contributed by atoms with E-state index in [1.807, 2.05) is 30.5 Å². The van der Waals surface area contributed by atoms with Gasteiger partial charge in [-0.1, -0.05) is 30.0 Å². The molecule has 5 nitrogen and oxygen atoms in total. The Bertz CT molecular complexity index is 831. The van der Waals surface area contributed by atoms with E-state index in [2.05, 4.69) is 21.9 Å². The Balaban J connectivity index is 2.03. The molecule has 0 unspecified atom stereocenters. The summed E-state index contributed by atoms with van der Waals surface area (Å²) in [5.41, 5.74) is 1.27. The van der Waals surface area contributed by atoms with Crippen LogP contribution in [0.3, 0.4) is 0 Å². The second-order valence-electron chi connectivity index (χ2n) is 5.31. The Labute approximate surface area is 148 Å². The predicted octanol–water partition coefficient (Wildman–Crippen LogP) is 3.24. The van der Waals surface area contributed by atoms with Gasteiger partial charge in [0.1, 0.15) is 5.82 Å². The lowest BCUT2D eigenvalue weighted by Gasteiger charge is -2.24. The van der Waals surface area contributed by atoms with Gasteiger partial charge in [0.15, 0.2) is 5.16 Å². The summed E-state index contributed by atoms with van der Waals surface area (Å²) in [4.78, 5) is 33.0. The van der Waals surface area contributed by atoms with Crippen LogP contribution in [-0.2, 0) is 4.79 Å². The van der Waals surface area contributed by atoms with Crippen LogP contribution < -0.4 is 10.9 Å². The highest BCUT2D eigenvalue weighted by atomic mass is 32.2. The molecule has 2 aromatic rings. The van der Waals surface area contributed by atoms with Gasteiger partial charge in [-0.2, -0.15) is 0 Å². The monoisotopic (exact) mass is 359 g/mol. The standard InChI is InChI=1S/C17H17N3O2S2/c1-3-8-24-17-19-15-14(16(22)20-17)12(9-13(21)18-15)10-4-6-11(23-2)7-5-10/h3-7,12H,1,8-9H2,2H3,(H2,18,19,20,21,22)/t12-/m0/s1. The molecule has 3 rings (SSSR count). The number of carbonyl (C=O) groups excluding carboxylic acids is 1. The molecule has 2 heterocycles. The summed E-state index contributed by atoms with van der Waals surface area (Å²) in [6.45, 7) is 3.65. The highest BCUT2D eigenvalue weighted by Gasteiger charge is 2.30. The third-order valence-corrected chi connectivity index (χ3v) is 5.40. The van der Waals surface area contributed by atoms with Crippen LogP contribution >= 0.6 is 23.5 Å². The number of rotatable bonds is 5. The van der Waals surface area contributed by atoms with Gasteiger partial charge in [-0.25, -0.2) is 4.98 Å². The number of H-pyrrole nitrogens is 1. The van der Waals surface area contributed by atoms with Crippen LogP contribution in [0.5, 0.6) is 0 Å². The maximum absolute atomic E-state index is 12.6. The number of hydrogen-bond acceptors (Lipinski definition) is 5. The Morgan fingerprint density at radius 2 is 2.08 bits per heavy atom. The second kappa shape index (κ2) is 7.27. The smallest absolute Gasteiger partial charge is 0.257 e. The minimum Gasteiger partial charge on any atom is -0.310 e. The number of nitrogens with zero attached hydrogens (tertiary/aromatic N) is 1. The van der Waals surface area contributed by atoms with Crippen LogP contribution in [0.2, 0.25) is 0 Å². The van der Waals surface area contributed by atoms with Gasteiger partial charge in [-0.3, -0.25) is 9.59 Å². The van der Waals surface area contributed by atoms with E-state index in [1.165, 1.54) is 11.8 Å². The topological polar surface area (TPSA) is 74.8 Å². The summed E-state index contributed by atoms with van der Waals surface area (Å²) in [5.74, 6) is 0.592. The van der Waals surface area contributed by atoms with Crippen LogP contribution in [0.15, 0.2) is 51.8 Å². The van der Waals surface area contributed by atoms with E-state index in [0.29, 0.717) is 22.3 Å². The van der Waals surface area contributed by atoms with Gasteiger partial charge in [-0.15, -0.1) is 18.3 Å². The molecule has 1 aliphatic heterocycles. The first kappa shape index (κ1) is 16.9. The van der Waals surface area contributed by atoms with Crippen molar-refractivity contribution in [3.05, 3.63) is 58.4 Å². The normalized spacial score (nSPS) is 16.4. The summed E-state index contributed by atoms with van der Waals surface area (Å²) in [7, 11) is 0. The number of hydrogen-bond donors (Lipinski definition) is 2. The number of fused-ring (bicyclic) bond motifs is 1. The summed E-state index contributed by atoms with van der Waals surface area (Å²) in [6.07, 6.45) is 3.99. The summed E-state index contributed by atoms with van der Waals surface area (Å²) in [6, 6.07) is 7.95. The van der Waals surface area contributed by atoms with Crippen molar-refractivity contribution in [3.63, 3.8) is 0 Å². The van der Waals surface area contributed by atoms with Crippen molar-refractivity contribution in [2.75, 3.05) is 17.3 Å². The number of amides is 1. The molecule has 0 bridgehead atoms. The summed E-state index contributed by atoms with van der Waals surface area (Å²) >= 11 is 3.02. The van der Waals surface area contributed by atoms with Crippen molar-refractivity contribution in [1.82, 2.24) is 9.97 Å². The second-order valence-corrected chi connectivity index (χ2v) is 7.20. The molecular weight excluding hydrogens is 342 g/mol. The Morgan fingerprint density at radius 1 is 1.33 bits per heavy atom. The molecule has 7 heteroatoms. The number of aromatic nitrogens is 2. The molecule has 1 amide bonds. The molecule has 0 saturated heterocycles. The lowest BCUT2D eigenvalue weighted by Crippen LogP contribution is -2.31. The van der Waals surface area contributed by atoms with Crippen molar-refractivity contribution < 1.29 is 4.79 Å². The zero-order chi connectivity index (χ0) is 17.1. The van der Waals surface area contributed by atoms with Crippen molar-refractivity contribution in [3.8, 4) is 0 Å². The number of aromatic amines is 1. The number of carbonyl (C=O) groups is 1. The highest BCUT2D eigenvalue weighted by molar-refractivity contribution is 7.99. The molecule has 0 fully saturated rings. The lowest BCUT2D eigenvalue weighted by molar-refractivity contribution is -0.116. The Hall–Kier alpha value is -1.99. The SMILES string of the molecule is C=CCSc1nc2c(c(=O)[nH]1)[C@H](c1ccc(SC)cc1)CC(=O)N2. The summed E-state index contributed by atoms with van der Waals surface area (Å²) < 4.78 is 0. The molecule has 0 spiro atoms. The molecule has 1 aromatic heterocycles. The van der Waals surface area contributed by atoms with Crippen LogP contribution in [0.25, 0.3) is 0 Å². The van der Waals surface area contributed by atoms with Gasteiger partial charge in [0, 0.05) is 23.0 Å². The average Bonchev–Trinajstić information content (AvgIpc) is 2.59. The molecule has 2 N–H and O–H groups in total. The van der Waals surface area contributed by atoms with Crippen molar-refractivity contribution >= 4 is 35.2 Å². The van der Waals surface area contributed by atoms with Crippen LogP contribution in [-0.4, -0.2) is 27.9 Å². The van der Waals surface area contributed by atoms with E-state index in [-0.39, 0.29) is 23.8 Å². The fourth-order valence-electron chi connectivity index (χ4n) is 2.68. The Kier molecular flexibility index (Phi) is 5.11. The number of thioether (sulfide) groups is 2. The fraction of sp³-hybridized carbons (Fsp3) is 0.235. The third kappa shape index (κ3) is 3.42. The predicted molar refractivity (Wildman–Crippen MR) is 99.1 cm³/mol. The molecule has 1 atom stereocenters. The highest BCUT2D eigenvalue weighted by Crippen LogP contribution is 2.35. The van der Waals surface area contributed by atoms with Gasteiger partial charge in [0.25, 0.3) is 5.56 Å². The number of benzene rings is 1. The molecule has 124 valence electrons.